The Balaban J connectivity index is 2.39. The summed E-state index contributed by atoms with van der Waals surface area (Å²) in [7, 11) is -0.955. The molecule has 0 aliphatic carbocycles. The van der Waals surface area contributed by atoms with Gasteiger partial charge in [-0.25, -0.2) is 17.1 Å². The molecule has 0 unspecified atom stereocenters. The number of carbonyl (C=O) groups excluding carboxylic acids is 1. The van der Waals surface area contributed by atoms with Gasteiger partial charge in [-0.1, -0.05) is 17.7 Å². The maximum absolute atomic E-state index is 13.9. The van der Waals surface area contributed by atoms with Gasteiger partial charge in [-0.2, -0.15) is 0 Å². The summed E-state index contributed by atoms with van der Waals surface area (Å²) in [5.74, 6) is -1.28. The van der Waals surface area contributed by atoms with Crippen LogP contribution in [0, 0.1) is 12.7 Å². The Kier molecular flexibility index (Phi) is 5.27. The van der Waals surface area contributed by atoms with Gasteiger partial charge in [-0.3, -0.25) is 4.79 Å². The van der Waals surface area contributed by atoms with Crippen molar-refractivity contribution in [1.82, 2.24) is 4.31 Å². The molecule has 0 fully saturated rings. The van der Waals surface area contributed by atoms with Crippen LogP contribution >= 0.6 is 11.6 Å². The van der Waals surface area contributed by atoms with Crippen molar-refractivity contribution in [2.75, 3.05) is 19.4 Å². The lowest BCUT2D eigenvalue weighted by molar-refractivity contribution is 0.102. The molecule has 0 aromatic heterocycles. The molecular formula is C16H16ClFN2O3S. The molecule has 128 valence electrons. The van der Waals surface area contributed by atoms with Gasteiger partial charge in [0.15, 0.2) is 0 Å². The molecule has 0 aliphatic heterocycles. The predicted molar refractivity (Wildman–Crippen MR) is 91.4 cm³/mol. The second kappa shape index (κ2) is 6.88. The average molecular weight is 371 g/mol. The van der Waals surface area contributed by atoms with Crippen LogP contribution in [0.4, 0.5) is 10.1 Å². The van der Waals surface area contributed by atoms with Crippen LogP contribution in [0.3, 0.4) is 0 Å². The summed E-state index contributed by atoms with van der Waals surface area (Å²) in [6.45, 7) is 1.72. The SMILES string of the molecule is Cc1ccc(NC(=O)c2cc(S(=O)(=O)N(C)C)ccc2Cl)c(F)c1. The Labute approximate surface area is 145 Å². The van der Waals surface area contributed by atoms with E-state index in [0.29, 0.717) is 5.56 Å². The highest BCUT2D eigenvalue weighted by Crippen LogP contribution is 2.24. The number of amides is 1. The quantitative estimate of drug-likeness (QED) is 0.898. The van der Waals surface area contributed by atoms with Crippen molar-refractivity contribution in [2.45, 2.75) is 11.8 Å². The third-order valence-electron chi connectivity index (χ3n) is 3.33. The maximum Gasteiger partial charge on any atom is 0.257 e. The molecule has 0 saturated heterocycles. The van der Waals surface area contributed by atoms with E-state index < -0.39 is 21.7 Å². The lowest BCUT2D eigenvalue weighted by Gasteiger charge is -2.13. The first-order chi connectivity index (χ1) is 11.1. The molecule has 0 saturated carbocycles. The van der Waals surface area contributed by atoms with Crippen LogP contribution in [0.1, 0.15) is 15.9 Å². The molecule has 0 aliphatic rings. The van der Waals surface area contributed by atoms with Crippen molar-refractivity contribution in [1.29, 1.82) is 0 Å². The van der Waals surface area contributed by atoms with E-state index in [9.17, 15) is 17.6 Å². The number of hydrogen-bond donors (Lipinski definition) is 1. The minimum absolute atomic E-state index is 0.0115. The molecule has 0 bridgehead atoms. The number of benzene rings is 2. The zero-order chi connectivity index (χ0) is 18.1. The summed E-state index contributed by atoms with van der Waals surface area (Å²) in [6.07, 6.45) is 0. The molecule has 0 spiro atoms. The summed E-state index contributed by atoms with van der Waals surface area (Å²) >= 11 is 5.99. The highest BCUT2D eigenvalue weighted by Gasteiger charge is 2.21. The van der Waals surface area contributed by atoms with Gasteiger partial charge < -0.3 is 5.32 Å². The zero-order valence-electron chi connectivity index (χ0n) is 13.3. The van der Waals surface area contributed by atoms with Gasteiger partial charge in [0, 0.05) is 14.1 Å². The number of anilines is 1. The van der Waals surface area contributed by atoms with Gasteiger partial charge >= 0.3 is 0 Å². The Morgan fingerprint density at radius 2 is 1.83 bits per heavy atom. The second-order valence-corrected chi connectivity index (χ2v) is 7.93. The number of nitrogens with one attached hydrogen (secondary N) is 1. The van der Waals surface area contributed by atoms with Crippen molar-refractivity contribution in [3.05, 3.63) is 58.4 Å². The van der Waals surface area contributed by atoms with E-state index in [2.05, 4.69) is 5.32 Å². The Hall–Kier alpha value is -1.96. The lowest BCUT2D eigenvalue weighted by atomic mass is 10.2. The van der Waals surface area contributed by atoms with Gasteiger partial charge in [0.25, 0.3) is 5.91 Å². The molecule has 2 aromatic rings. The predicted octanol–water partition coefficient (Wildman–Crippen LogP) is 3.29. The van der Waals surface area contributed by atoms with Gasteiger partial charge in [0.1, 0.15) is 5.82 Å². The van der Waals surface area contributed by atoms with Crippen molar-refractivity contribution < 1.29 is 17.6 Å². The standard InChI is InChI=1S/C16H16ClFN2O3S/c1-10-4-7-15(14(18)8-10)19-16(21)12-9-11(5-6-13(12)17)24(22,23)20(2)3/h4-9H,1-3H3,(H,19,21). The first kappa shape index (κ1) is 18.4. The number of halogens is 2. The van der Waals surface area contributed by atoms with E-state index >= 15 is 0 Å². The highest BCUT2D eigenvalue weighted by atomic mass is 35.5. The Morgan fingerprint density at radius 1 is 1.17 bits per heavy atom. The van der Waals surface area contributed by atoms with Crippen LogP contribution < -0.4 is 5.32 Å². The molecule has 0 heterocycles. The maximum atomic E-state index is 13.9. The molecule has 2 rings (SSSR count). The zero-order valence-corrected chi connectivity index (χ0v) is 14.9. The van der Waals surface area contributed by atoms with Crippen LogP contribution in [-0.2, 0) is 10.0 Å². The molecule has 8 heteroatoms. The molecular weight excluding hydrogens is 355 g/mol. The van der Waals surface area contributed by atoms with E-state index in [-0.39, 0.29) is 21.2 Å². The molecule has 0 radical (unpaired) electrons. The average Bonchev–Trinajstić information content (AvgIpc) is 2.50. The smallest absolute Gasteiger partial charge is 0.257 e. The van der Waals surface area contributed by atoms with Gasteiger partial charge in [0.2, 0.25) is 10.0 Å². The normalized spacial score (nSPS) is 11.6. The number of rotatable bonds is 4. The van der Waals surface area contributed by atoms with Crippen LogP contribution in [0.2, 0.25) is 5.02 Å². The molecule has 2 aromatic carbocycles. The number of sulfonamides is 1. The minimum atomic E-state index is -3.72. The summed E-state index contributed by atoms with van der Waals surface area (Å²) in [5, 5.41) is 2.46. The van der Waals surface area contributed by atoms with E-state index in [4.69, 9.17) is 11.6 Å². The third-order valence-corrected chi connectivity index (χ3v) is 5.47. The molecule has 1 amide bonds. The minimum Gasteiger partial charge on any atom is -0.319 e. The monoisotopic (exact) mass is 370 g/mol. The largest absolute Gasteiger partial charge is 0.319 e. The summed E-state index contributed by atoms with van der Waals surface area (Å²) < 4.78 is 39.2. The first-order valence-corrected chi connectivity index (χ1v) is 8.74. The van der Waals surface area contributed by atoms with Crippen molar-refractivity contribution >= 4 is 33.2 Å². The van der Waals surface area contributed by atoms with Crippen molar-refractivity contribution in [3.63, 3.8) is 0 Å². The van der Waals surface area contributed by atoms with Gasteiger partial charge in [-0.05, 0) is 42.8 Å². The number of aryl methyl sites for hydroxylation is 1. The Morgan fingerprint density at radius 3 is 2.42 bits per heavy atom. The molecule has 1 N–H and O–H groups in total. The lowest BCUT2D eigenvalue weighted by Crippen LogP contribution is -2.23. The van der Waals surface area contributed by atoms with Crippen LogP contribution in [-0.4, -0.2) is 32.7 Å². The highest BCUT2D eigenvalue weighted by molar-refractivity contribution is 7.89. The van der Waals surface area contributed by atoms with Crippen molar-refractivity contribution in [2.24, 2.45) is 0 Å². The summed E-state index contributed by atoms with van der Waals surface area (Å²) in [4.78, 5) is 12.3. The first-order valence-electron chi connectivity index (χ1n) is 6.92. The van der Waals surface area contributed by atoms with E-state index in [0.717, 1.165) is 4.31 Å². The summed E-state index contributed by atoms with van der Waals surface area (Å²) in [6, 6.07) is 8.15. The van der Waals surface area contributed by atoms with E-state index in [1.165, 1.54) is 44.4 Å². The molecule has 24 heavy (non-hydrogen) atoms. The molecule has 5 nitrogen and oxygen atoms in total. The number of hydrogen-bond acceptors (Lipinski definition) is 3. The number of carbonyl (C=O) groups is 1. The molecule has 0 atom stereocenters. The summed E-state index contributed by atoms with van der Waals surface area (Å²) in [5.41, 5.74) is 0.643. The van der Waals surface area contributed by atoms with E-state index in [1.54, 1.807) is 13.0 Å². The second-order valence-electron chi connectivity index (χ2n) is 5.37. The van der Waals surface area contributed by atoms with E-state index in [1.807, 2.05) is 0 Å². The fourth-order valence-electron chi connectivity index (χ4n) is 1.96. The fourth-order valence-corrected chi connectivity index (χ4v) is 3.09. The third kappa shape index (κ3) is 3.75. The van der Waals surface area contributed by atoms with Gasteiger partial charge in [-0.15, -0.1) is 0 Å². The van der Waals surface area contributed by atoms with Gasteiger partial charge in [0.05, 0.1) is 21.2 Å². The fraction of sp³-hybridized carbons (Fsp3) is 0.188. The van der Waals surface area contributed by atoms with Crippen LogP contribution in [0.5, 0.6) is 0 Å². The van der Waals surface area contributed by atoms with Crippen LogP contribution in [0.25, 0.3) is 0 Å². The Bertz CT molecular complexity index is 898. The topological polar surface area (TPSA) is 66.5 Å². The van der Waals surface area contributed by atoms with Crippen LogP contribution in [0.15, 0.2) is 41.3 Å². The van der Waals surface area contributed by atoms with Crippen molar-refractivity contribution in [3.8, 4) is 0 Å². The number of nitrogens with zero attached hydrogens (tertiary/aromatic N) is 1.